The van der Waals surface area contributed by atoms with Crippen molar-refractivity contribution in [1.82, 2.24) is 5.32 Å². The Balaban J connectivity index is 2.41. The van der Waals surface area contributed by atoms with Crippen LogP contribution in [0.3, 0.4) is 0 Å². The molecule has 0 aliphatic rings. The van der Waals surface area contributed by atoms with Gasteiger partial charge in [-0.05, 0) is 23.8 Å². The van der Waals surface area contributed by atoms with E-state index in [4.69, 9.17) is 10.8 Å². The number of benzene rings is 1. The fraction of sp³-hybridized carbons (Fsp3) is 0.308. The van der Waals surface area contributed by atoms with Crippen LogP contribution in [0.4, 0.5) is 0 Å². The number of phenols is 1. The van der Waals surface area contributed by atoms with Crippen molar-refractivity contribution < 1.29 is 20.1 Å². The summed E-state index contributed by atoms with van der Waals surface area (Å²) in [5, 5.41) is 30.1. The van der Waals surface area contributed by atoms with Gasteiger partial charge in [0.2, 0.25) is 5.91 Å². The number of rotatable bonds is 6. The molecule has 6 N–H and O–H groups in total. The van der Waals surface area contributed by atoms with Gasteiger partial charge in [-0.25, -0.2) is 0 Å². The Morgan fingerprint density at radius 1 is 1.26 bits per heavy atom. The summed E-state index contributed by atoms with van der Waals surface area (Å²) >= 11 is 0. The van der Waals surface area contributed by atoms with Crippen LogP contribution in [0.2, 0.25) is 0 Å². The number of amides is 1. The van der Waals surface area contributed by atoms with Crippen LogP contribution in [0, 0.1) is 0 Å². The molecule has 19 heavy (non-hydrogen) atoms. The van der Waals surface area contributed by atoms with E-state index in [2.05, 4.69) is 5.32 Å². The highest BCUT2D eigenvalue weighted by molar-refractivity contribution is 5.91. The first-order valence-electron chi connectivity index (χ1n) is 5.84. The minimum Gasteiger partial charge on any atom is -0.508 e. The fourth-order valence-corrected chi connectivity index (χ4v) is 1.31. The number of aliphatic hydroxyl groups is 2. The Morgan fingerprint density at radius 2 is 1.89 bits per heavy atom. The molecule has 6 heteroatoms. The molecule has 1 rings (SSSR count). The standard InChI is InChI=1S/C13H18N2O4/c14-7-11(17)12(18)8-15-13(19)6-3-9-1-4-10(16)5-2-9/h1-6,11-12,16-18H,7-8,14H2,(H,15,19)/b6-3+/t11-,12-/m0/s1. The first-order chi connectivity index (χ1) is 9.02. The van der Waals surface area contributed by atoms with E-state index >= 15 is 0 Å². The molecule has 0 radical (unpaired) electrons. The van der Waals surface area contributed by atoms with E-state index in [1.807, 2.05) is 0 Å². The van der Waals surface area contributed by atoms with E-state index in [1.54, 1.807) is 18.2 Å². The monoisotopic (exact) mass is 266 g/mol. The predicted molar refractivity (Wildman–Crippen MR) is 71.2 cm³/mol. The van der Waals surface area contributed by atoms with Crippen molar-refractivity contribution in [3.8, 4) is 5.75 Å². The molecule has 0 spiro atoms. The van der Waals surface area contributed by atoms with E-state index in [0.717, 1.165) is 5.56 Å². The third-order valence-electron chi connectivity index (χ3n) is 2.49. The number of carbonyl (C=O) groups is 1. The number of hydrogen-bond acceptors (Lipinski definition) is 5. The van der Waals surface area contributed by atoms with Gasteiger partial charge in [0.05, 0.1) is 12.2 Å². The first kappa shape index (κ1) is 15.2. The van der Waals surface area contributed by atoms with E-state index in [0.29, 0.717) is 0 Å². The maximum Gasteiger partial charge on any atom is 0.244 e. The van der Waals surface area contributed by atoms with E-state index < -0.39 is 18.1 Å². The van der Waals surface area contributed by atoms with Gasteiger partial charge in [0.15, 0.2) is 0 Å². The SMILES string of the molecule is NC[C@H](O)[C@@H](O)CNC(=O)/C=C/c1ccc(O)cc1. The Labute approximate surface area is 111 Å². The molecule has 0 saturated heterocycles. The maximum absolute atomic E-state index is 11.4. The summed E-state index contributed by atoms with van der Waals surface area (Å²) in [7, 11) is 0. The van der Waals surface area contributed by atoms with Gasteiger partial charge in [-0.2, -0.15) is 0 Å². The molecule has 1 aromatic rings. The third kappa shape index (κ3) is 5.52. The Hall–Kier alpha value is -1.89. The molecule has 1 aromatic carbocycles. The summed E-state index contributed by atoms with van der Waals surface area (Å²) in [6, 6.07) is 6.34. The van der Waals surface area contributed by atoms with Crippen molar-refractivity contribution in [2.75, 3.05) is 13.1 Å². The van der Waals surface area contributed by atoms with E-state index in [9.17, 15) is 15.0 Å². The van der Waals surface area contributed by atoms with Crippen LogP contribution in [0.25, 0.3) is 6.08 Å². The van der Waals surface area contributed by atoms with Crippen molar-refractivity contribution in [3.63, 3.8) is 0 Å². The number of hydrogen-bond donors (Lipinski definition) is 5. The van der Waals surface area contributed by atoms with Crippen molar-refractivity contribution in [2.24, 2.45) is 5.73 Å². The topological polar surface area (TPSA) is 116 Å². The zero-order valence-corrected chi connectivity index (χ0v) is 10.4. The maximum atomic E-state index is 11.4. The van der Waals surface area contributed by atoms with E-state index in [-0.39, 0.29) is 18.8 Å². The predicted octanol–water partition coefficient (Wildman–Crippen LogP) is -0.798. The molecular formula is C13H18N2O4. The molecule has 0 aromatic heterocycles. The lowest BCUT2D eigenvalue weighted by molar-refractivity contribution is -0.117. The van der Waals surface area contributed by atoms with Crippen LogP contribution >= 0.6 is 0 Å². The average Bonchev–Trinajstić information content (AvgIpc) is 2.43. The molecule has 104 valence electrons. The zero-order chi connectivity index (χ0) is 14.3. The normalized spacial score (nSPS) is 14.3. The number of aliphatic hydroxyl groups excluding tert-OH is 2. The van der Waals surface area contributed by atoms with Crippen molar-refractivity contribution in [2.45, 2.75) is 12.2 Å². The minimum atomic E-state index is -1.09. The first-order valence-corrected chi connectivity index (χ1v) is 5.84. The summed E-state index contributed by atoms with van der Waals surface area (Å²) in [4.78, 5) is 11.4. The molecular weight excluding hydrogens is 248 g/mol. The third-order valence-corrected chi connectivity index (χ3v) is 2.49. The van der Waals surface area contributed by atoms with Crippen molar-refractivity contribution >= 4 is 12.0 Å². The summed E-state index contributed by atoms with van der Waals surface area (Å²) in [5.41, 5.74) is 5.93. The Kier molecular flexibility index (Phi) is 6.01. The van der Waals surface area contributed by atoms with Gasteiger partial charge < -0.3 is 26.4 Å². The summed E-state index contributed by atoms with van der Waals surface area (Å²) in [5.74, 6) is -0.239. The molecule has 0 aliphatic heterocycles. The highest BCUT2D eigenvalue weighted by Gasteiger charge is 2.14. The number of phenolic OH excluding ortho intramolecular Hbond substituents is 1. The molecule has 0 aliphatic carbocycles. The summed E-state index contributed by atoms with van der Waals surface area (Å²) in [6.45, 7) is -0.141. The lowest BCUT2D eigenvalue weighted by Gasteiger charge is -2.15. The molecule has 6 nitrogen and oxygen atoms in total. The minimum absolute atomic E-state index is 0.0691. The summed E-state index contributed by atoms with van der Waals surface area (Å²) < 4.78 is 0. The fourth-order valence-electron chi connectivity index (χ4n) is 1.31. The van der Waals surface area contributed by atoms with Gasteiger partial charge in [0.25, 0.3) is 0 Å². The van der Waals surface area contributed by atoms with Gasteiger partial charge in [0, 0.05) is 19.2 Å². The largest absolute Gasteiger partial charge is 0.508 e. The van der Waals surface area contributed by atoms with Crippen LogP contribution in [0.15, 0.2) is 30.3 Å². The van der Waals surface area contributed by atoms with Crippen LogP contribution in [-0.2, 0) is 4.79 Å². The Morgan fingerprint density at radius 3 is 2.47 bits per heavy atom. The second kappa shape index (κ2) is 7.52. The highest BCUT2D eigenvalue weighted by Crippen LogP contribution is 2.10. The number of nitrogens with two attached hydrogens (primary N) is 1. The van der Waals surface area contributed by atoms with Gasteiger partial charge >= 0.3 is 0 Å². The molecule has 0 heterocycles. The van der Waals surface area contributed by atoms with Gasteiger partial charge in [-0.3, -0.25) is 4.79 Å². The van der Waals surface area contributed by atoms with Gasteiger partial charge in [-0.1, -0.05) is 12.1 Å². The highest BCUT2D eigenvalue weighted by atomic mass is 16.3. The van der Waals surface area contributed by atoms with Crippen molar-refractivity contribution in [3.05, 3.63) is 35.9 Å². The smallest absolute Gasteiger partial charge is 0.244 e. The van der Waals surface area contributed by atoms with Crippen LogP contribution < -0.4 is 11.1 Å². The lowest BCUT2D eigenvalue weighted by atomic mass is 10.2. The quantitative estimate of drug-likeness (QED) is 0.432. The van der Waals surface area contributed by atoms with Crippen LogP contribution in [0.1, 0.15) is 5.56 Å². The number of aromatic hydroxyl groups is 1. The number of carbonyl (C=O) groups excluding carboxylic acids is 1. The molecule has 2 atom stereocenters. The Bertz CT molecular complexity index is 431. The zero-order valence-electron chi connectivity index (χ0n) is 10.4. The summed E-state index contributed by atoms with van der Waals surface area (Å²) in [6.07, 6.45) is 0.728. The van der Waals surface area contributed by atoms with Crippen molar-refractivity contribution in [1.29, 1.82) is 0 Å². The molecule has 0 unspecified atom stereocenters. The van der Waals surface area contributed by atoms with Crippen LogP contribution in [0.5, 0.6) is 5.75 Å². The molecule has 0 saturated carbocycles. The van der Waals surface area contributed by atoms with Gasteiger partial charge in [-0.15, -0.1) is 0 Å². The molecule has 1 amide bonds. The lowest BCUT2D eigenvalue weighted by Crippen LogP contribution is -2.41. The average molecular weight is 266 g/mol. The van der Waals surface area contributed by atoms with Gasteiger partial charge in [0.1, 0.15) is 5.75 Å². The molecule has 0 bridgehead atoms. The van der Waals surface area contributed by atoms with Crippen LogP contribution in [-0.4, -0.2) is 46.5 Å². The molecule has 0 fully saturated rings. The number of nitrogens with one attached hydrogen (secondary N) is 1. The second-order valence-electron chi connectivity index (χ2n) is 4.04. The second-order valence-corrected chi connectivity index (χ2v) is 4.04. The van der Waals surface area contributed by atoms with E-state index in [1.165, 1.54) is 18.2 Å².